The molecule has 2 aromatic rings. The molecule has 0 heterocycles. The predicted molar refractivity (Wildman–Crippen MR) is 103 cm³/mol. The molecule has 0 aromatic heterocycles. The van der Waals surface area contributed by atoms with Crippen molar-refractivity contribution in [2.45, 2.75) is 6.18 Å². The van der Waals surface area contributed by atoms with Crippen LogP contribution < -0.4 is 10.1 Å². The molecule has 0 aliphatic carbocycles. The van der Waals surface area contributed by atoms with Gasteiger partial charge in [0.2, 0.25) is 5.91 Å². The van der Waals surface area contributed by atoms with Crippen molar-refractivity contribution in [1.29, 1.82) is 0 Å². The number of anilines is 1. The van der Waals surface area contributed by atoms with Crippen molar-refractivity contribution in [2.75, 3.05) is 12.4 Å². The molecule has 1 amide bonds. The summed E-state index contributed by atoms with van der Waals surface area (Å²) in [6, 6.07) is 6.25. The highest BCUT2D eigenvalue weighted by Crippen LogP contribution is 2.35. The fraction of sp³-hybridized carbons (Fsp3) is 0.118. The zero-order valence-electron chi connectivity index (χ0n) is 13.1. The molecule has 1 N–H and O–H groups in total. The molecule has 138 valence electrons. The fourth-order valence-electron chi connectivity index (χ4n) is 2.05. The van der Waals surface area contributed by atoms with Crippen LogP contribution >= 0.6 is 43.5 Å². The molecule has 0 bridgehead atoms. The Morgan fingerprint density at radius 2 is 1.92 bits per heavy atom. The van der Waals surface area contributed by atoms with E-state index in [0.717, 1.165) is 22.7 Å². The topological polar surface area (TPSA) is 38.3 Å². The molecule has 2 rings (SSSR count). The molecule has 0 spiro atoms. The predicted octanol–water partition coefficient (Wildman–Crippen LogP) is 6.54. The summed E-state index contributed by atoms with van der Waals surface area (Å²) in [6.07, 6.45) is -1.76. The van der Waals surface area contributed by atoms with Gasteiger partial charge in [0.05, 0.1) is 27.9 Å². The summed E-state index contributed by atoms with van der Waals surface area (Å²) in [5.74, 6) is -0.0189. The summed E-state index contributed by atoms with van der Waals surface area (Å²) in [4.78, 5) is 12.0. The van der Waals surface area contributed by atoms with E-state index < -0.39 is 17.6 Å². The lowest BCUT2D eigenvalue weighted by Crippen LogP contribution is -2.10. The average molecular weight is 514 g/mol. The molecule has 2 aromatic carbocycles. The first kappa shape index (κ1) is 20.8. The Balaban J connectivity index is 2.18. The molecular weight excluding hydrogens is 502 g/mol. The van der Waals surface area contributed by atoms with Crippen molar-refractivity contribution in [3.63, 3.8) is 0 Å². The maximum atomic E-state index is 12.6. The minimum absolute atomic E-state index is 0.0803. The minimum Gasteiger partial charge on any atom is -0.495 e. The van der Waals surface area contributed by atoms with Gasteiger partial charge in [0, 0.05) is 16.1 Å². The van der Waals surface area contributed by atoms with Crippen molar-refractivity contribution >= 4 is 61.1 Å². The second-order valence-electron chi connectivity index (χ2n) is 5.03. The zero-order valence-corrected chi connectivity index (χ0v) is 17.1. The van der Waals surface area contributed by atoms with Gasteiger partial charge in [-0.1, -0.05) is 27.5 Å². The van der Waals surface area contributed by atoms with Crippen LogP contribution in [0, 0.1) is 0 Å². The smallest absolute Gasteiger partial charge is 0.416 e. The summed E-state index contributed by atoms with van der Waals surface area (Å²) in [6.45, 7) is 0. The molecule has 0 saturated heterocycles. The van der Waals surface area contributed by atoms with Crippen molar-refractivity contribution in [3.8, 4) is 5.75 Å². The van der Waals surface area contributed by atoms with E-state index in [1.807, 2.05) is 0 Å². The normalized spacial score (nSPS) is 11.7. The number of nitrogens with one attached hydrogen (secondary N) is 1. The number of hydrogen-bond donors (Lipinski definition) is 1. The second-order valence-corrected chi connectivity index (χ2v) is 7.20. The van der Waals surface area contributed by atoms with Crippen LogP contribution in [0.4, 0.5) is 18.9 Å². The molecular formula is C17H11Br2ClF3NO2. The standard InChI is InChI=1S/C17H11Br2ClF3NO2/c1-26-16-9(6-11(18)8-12(16)19)2-5-15(25)24-14-4-3-10(7-13(14)20)17(21,22)23/h2-8H,1H3,(H,24,25)/b5-2+. The molecule has 0 aliphatic rings. The monoisotopic (exact) mass is 511 g/mol. The third-order valence-corrected chi connectivity index (χ3v) is 4.57. The number of alkyl halides is 3. The summed E-state index contributed by atoms with van der Waals surface area (Å²) in [7, 11) is 1.49. The van der Waals surface area contributed by atoms with Crippen LogP contribution in [0.25, 0.3) is 6.08 Å². The number of amides is 1. The third-order valence-electron chi connectivity index (χ3n) is 3.21. The number of carbonyl (C=O) groups excluding carboxylic acids is 1. The van der Waals surface area contributed by atoms with Crippen molar-refractivity contribution < 1.29 is 22.7 Å². The maximum absolute atomic E-state index is 12.6. The molecule has 0 fully saturated rings. The number of hydrogen-bond acceptors (Lipinski definition) is 2. The Labute approximate surface area is 169 Å². The highest BCUT2D eigenvalue weighted by molar-refractivity contribution is 9.11. The molecule has 0 atom stereocenters. The molecule has 0 saturated carbocycles. The van der Waals surface area contributed by atoms with E-state index in [1.54, 1.807) is 12.1 Å². The zero-order chi connectivity index (χ0) is 19.5. The van der Waals surface area contributed by atoms with Crippen LogP contribution in [-0.2, 0) is 11.0 Å². The maximum Gasteiger partial charge on any atom is 0.416 e. The number of ether oxygens (including phenoxy) is 1. The molecule has 0 unspecified atom stereocenters. The summed E-state index contributed by atoms with van der Waals surface area (Å²) in [5.41, 5.74) is -0.182. The van der Waals surface area contributed by atoms with E-state index in [0.29, 0.717) is 15.8 Å². The van der Waals surface area contributed by atoms with E-state index in [1.165, 1.54) is 19.3 Å². The van der Waals surface area contributed by atoms with E-state index >= 15 is 0 Å². The van der Waals surface area contributed by atoms with Gasteiger partial charge in [0.25, 0.3) is 0 Å². The second kappa shape index (κ2) is 8.45. The Bertz CT molecular complexity index is 870. The first-order chi connectivity index (χ1) is 12.1. The summed E-state index contributed by atoms with van der Waals surface area (Å²) < 4.78 is 44.6. The Morgan fingerprint density at radius 1 is 1.23 bits per heavy atom. The quantitative estimate of drug-likeness (QED) is 0.472. The van der Waals surface area contributed by atoms with Gasteiger partial charge in [-0.2, -0.15) is 13.2 Å². The van der Waals surface area contributed by atoms with Crippen LogP contribution in [0.3, 0.4) is 0 Å². The number of benzene rings is 2. The fourth-order valence-corrected chi connectivity index (χ4v) is 3.70. The molecule has 0 radical (unpaired) electrons. The van der Waals surface area contributed by atoms with Crippen LogP contribution in [0.5, 0.6) is 5.75 Å². The number of carbonyl (C=O) groups is 1. The lowest BCUT2D eigenvalue weighted by Gasteiger charge is -2.10. The van der Waals surface area contributed by atoms with Crippen LogP contribution in [0.1, 0.15) is 11.1 Å². The molecule has 26 heavy (non-hydrogen) atoms. The van der Waals surface area contributed by atoms with Gasteiger partial charge in [0.1, 0.15) is 5.75 Å². The van der Waals surface area contributed by atoms with Gasteiger partial charge in [-0.15, -0.1) is 0 Å². The van der Waals surface area contributed by atoms with Gasteiger partial charge in [-0.3, -0.25) is 4.79 Å². The molecule has 0 aliphatic heterocycles. The SMILES string of the molecule is COc1c(Br)cc(Br)cc1/C=C/C(=O)Nc1ccc(C(F)(F)F)cc1Cl. The number of methoxy groups -OCH3 is 1. The summed E-state index contributed by atoms with van der Waals surface area (Å²) in [5, 5.41) is 2.23. The first-order valence-electron chi connectivity index (χ1n) is 7.00. The number of rotatable bonds is 4. The Morgan fingerprint density at radius 3 is 2.50 bits per heavy atom. The van der Waals surface area contributed by atoms with Crippen molar-refractivity contribution in [3.05, 3.63) is 61.5 Å². The molecule has 9 heteroatoms. The van der Waals surface area contributed by atoms with Gasteiger partial charge >= 0.3 is 6.18 Å². The van der Waals surface area contributed by atoms with Crippen molar-refractivity contribution in [2.24, 2.45) is 0 Å². The first-order valence-corrected chi connectivity index (χ1v) is 8.97. The average Bonchev–Trinajstić information content (AvgIpc) is 2.53. The lowest BCUT2D eigenvalue weighted by atomic mass is 10.1. The highest BCUT2D eigenvalue weighted by Gasteiger charge is 2.30. The third kappa shape index (κ3) is 5.25. The van der Waals surface area contributed by atoms with E-state index in [2.05, 4.69) is 37.2 Å². The minimum atomic E-state index is -4.50. The molecule has 3 nitrogen and oxygen atoms in total. The van der Waals surface area contributed by atoms with Crippen molar-refractivity contribution in [1.82, 2.24) is 0 Å². The van der Waals surface area contributed by atoms with Gasteiger partial charge in [-0.25, -0.2) is 0 Å². The summed E-state index contributed by atoms with van der Waals surface area (Å²) >= 11 is 12.5. The largest absolute Gasteiger partial charge is 0.495 e. The lowest BCUT2D eigenvalue weighted by molar-refractivity contribution is -0.137. The van der Waals surface area contributed by atoms with E-state index in [9.17, 15) is 18.0 Å². The Hall–Kier alpha value is -1.51. The van der Waals surface area contributed by atoms with E-state index in [-0.39, 0.29) is 10.7 Å². The highest BCUT2D eigenvalue weighted by atomic mass is 79.9. The van der Waals surface area contributed by atoms with Crippen LogP contribution in [-0.4, -0.2) is 13.0 Å². The van der Waals surface area contributed by atoms with Gasteiger partial charge < -0.3 is 10.1 Å². The van der Waals surface area contributed by atoms with E-state index in [4.69, 9.17) is 16.3 Å². The van der Waals surface area contributed by atoms with Crippen LogP contribution in [0.15, 0.2) is 45.4 Å². The van der Waals surface area contributed by atoms with Gasteiger partial charge in [-0.05, 0) is 52.3 Å². The number of halogens is 6. The van der Waals surface area contributed by atoms with Crippen LogP contribution in [0.2, 0.25) is 5.02 Å². The van der Waals surface area contributed by atoms with Gasteiger partial charge in [0.15, 0.2) is 0 Å². The Kier molecular flexibility index (Phi) is 6.76.